The summed E-state index contributed by atoms with van der Waals surface area (Å²) in [7, 11) is 0. The number of nitrogens with one attached hydrogen (secondary N) is 1. The molecule has 0 radical (unpaired) electrons. The Balaban J connectivity index is 1.66. The Bertz CT molecular complexity index is 330. The number of nitrogens with two attached hydrogens (primary N) is 1. The first-order chi connectivity index (χ1) is 8.24. The van der Waals surface area contributed by atoms with Crippen LogP contribution in [-0.4, -0.2) is 19.1 Å². The van der Waals surface area contributed by atoms with Gasteiger partial charge in [0.2, 0.25) is 0 Å². The van der Waals surface area contributed by atoms with Crippen LogP contribution in [0.25, 0.3) is 0 Å². The van der Waals surface area contributed by atoms with Crippen LogP contribution in [0.1, 0.15) is 31.7 Å². The molecule has 2 nitrogen and oxygen atoms in total. The lowest BCUT2D eigenvalue weighted by molar-refractivity contribution is 0.430. The molecular formula is C15H24N2. The first-order valence-corrected chi connectivity index (χ1v) is 6.74. The second-order valence-corrected chi connectivity index (χ2v) is 5.43. The zero-order valence-corrected chi connectivity index (χ0v) is 10.8. The summed E-state index contributed by atoms with van der Waals surface area (Å²) in [4.78, 5) is 0. The maximum absolute atomic E-state index is 6.13. The van der Waals surface area contributed by atoms with Crippen molar-refractivity contribution in [3.05, 3.63) is 35.9 Å². The smallest absolute Gasteiger partial charge is 0.0206 e. The Labute approximate surface area is 105 Å². The van der Waals surface area contributed by atoms with Crippen molar-refractivity contribution in [1.29, 1.82) is 0 Å². The van der Waals surface area contributed by atoms with Crippen molar-refractivity contribution in [2.45, 2.75) is 38.6 Å². The monoisotopic (exact) mass is 232 g/mol. The van der Waals surface area contributed by atoms with E-state index in [0.717, 1.165) is 19.5 Å². The lowest BCUT2D eigenvalue weighted by atomic mass is 10.0. The van der Waals surface area contributed by atoms with Crippen LogP contribution < -0.4 is 11.1 Å². The summed E-state index contributed by atoms with van der Waals surface area (Å²) in [6, 6.07) is 10.7. The van der Waals surface area contributed by atoms with Crippen LogP contribution in [0.15, 0.2) is 30.3 Å². The van der Waals surface area contributed by atoms with Crippen LogP contribution in [0.2, 0.25) is 0 Å². The Hall–Kier alpha value is -0.860. The van der Waals surface area contributed by atoms with Crippen molar-refractivity contribution in [2.75, 3.05) is 13.1 Å². The van der Waals surface area contributed by atoms with Gasteiger partial charge >= 0.3 is 0 Å². The Morgan fingerprint density at radius 1 is 1.29 bits per heavy atom. The third-order valence-corrected chi connectivity index (χ3v) is 3.95. The van der Waals surface area contributed by atoms with E-state index in [1.54, 1.807) is 0 Å². The molecule has 17 heavy (non-hydrogen) atoms. The molecule has 1 saturated carbocycles. The summed E-state index contributed by atoms with van der Waals surface area (Å²) in [6.45, 7) is 4.36. The normalized spacial score (nSPS) is 18.9. The third-order valence-electron chi connectivity index (χ3n) is 3.95. The molecule has 1 aliphatic rings. The Morgan fingerprint density at radius 2 is 2.00 bits per heavy atom. The largest absolute Gasteiger partial charge is 0.326 e. The van der Waals surface area contributed by atoms with Crippen LogP contribution in [0.5, 0.6) is 0 Å². The van der Waals surface area contributed by atoms with E-state index < -0.39 is 0 Å². The first-order valence-electron chi connectivity index (χ1n) is 6.74. The van der Waals surface area contributed by atoms with Gasteiger partial charge in [-0.2, -0.15) is 0 Å². The van der Waals surface area contributed by atoms with Gasteiger partial charge in [0.05, 0.1) is 0 Å². The molecule has 1 aromatic rings. The van der Waals surface area contributed by atoms with Gasteiger partial charge < -0.3 is 11.1 Å². The van der Waals surface area contributed by atoms with Crippen LogP contribution >= 0.6 is 0 Å². The molecule has 94 valence electrons. The lowest BCUT2D eigenvalue weighted by Crippen LogP contribution is -2.38. The highest BCUT2D eigenvalue weighted by molar-refractivity contribution is 5.15. The predicted octanol–water partition coefficient (Wildman–Crippen LogP) is 2.34. The molecule has 1 aromatic carbocycles. The maximum atomic E-state index is 6.13. The van der Waals surface area contributed by atoms with Crippen molar-refractivity contribution >= 4 is 0 Å². The van der Waals surface area contributed by atoms with Gasteiger partial charge in [-0.05, 0) is 36.7 Å². The van der Waals surface area contributed by atoms with Crippen molar-refractivity contribution in [1.82, 2.24) is 5.32 Å². The second-order valence-electron chi connectivity index (χ2n) is 5.43. The molecule has 0 bridgehead atoms. The summed E-state index contributed by atoms with van der Waals surface area (Å²) in [5.41, 5.74) is 8.08. The van der Waals surface area contributed by atoms with Gasteiger partial charge in [0.1, 0.15) is 0 Å². The highest BCUT2D eigenvalue weighted by Gasteiger charge is 2.39. The van der Waals surface area contributed by atoms with Crippen LogP contribution in [0, 0.1) is 5.41 Å². The summed E-state index contributed by atoms with van der Waals surface area (Å²) in [6.07, 6.45) is 5.05. The topological polar surface area (TPSA) is 38.0 Å². The van der Waals surface area contributed by atoms with Gasteiger partial charge in [0.25, 0.3) is 0 Å². The average Bonchev–Trinajstić information content (AvgIpc) is 3.11. The van der Waals surface area contributed by atoms with Crippen molar-refractivity contribution in [2.24, 2.45) is 11.1 Å². The fraction of sp³-hybridized carbons (Fsp3) is 0.600. The molecule has 1 aliphatic carbocycles. The summed E-state index contributed by atoms with van der Waals surface area (Å²) in [5.74, 6) is 0. The van der Waals surface area contributed by atoms with Gasteiger partial charge in [-0.3, -0.25) is 0 Å². The number of rotatable bonds is 7. The van der Waals surface area contributed by atoms with E-state index in [1.807, 2.05) is 6.07 Å². The van der Waals surface area contributed by atoms with Gasteiger partial charge in [0.15, 0.2) is 0 Å². The summed E-state index contributed by atoms with van der Waals surface area (Å²) < 4.78 is 0. The molecule has 3 N–H and O–H groups in total. The first kappa shape index (κ1) is 12.6. The fourth-order valence-corrected chi connectivity index (χ4v) is 2.34. The van der Waals surface area contributed by atoms with E-state index in [9.17, 15) is 0 Å². The molecule has 0 amide bonds. The predicted molar refractivity (Wildman–Crippen MR) is 72.9 cm³/mol. The minimum atomic E-state index is 0.227. The third kappa shape index (κ3) is 3.83. The van der Waals surface area contributed by atoms with Crippen molar-refractivity contribution in [3.63, 3.8) is 0 Å². The van der Waals surface area contributed by atoms with E-state index in [0.29, 0.717) is 5.41 Å². The molecule has 0 unspecified atom stereocenters. The van der Waals surface area contributed by atoms with Gasteiger partial charge in [-0.1, -0.05) is 37.3 Å². The quantitative estimate of drug-likeness (QED) is 0.757. The van der Waals surface area contributed by atoms with Gasteiger partial charge in [0, 0.05) is 19.1 Å². The summed E-state index contributed by atoms with van der Waals surface area (Å²) in [5, 5.41) is 3.53. The van der Waals surface area contributed by atoms with Crippen LogP contribution in [0.4, 0.5) is 0 Å². The maximum Gasteiger partial charge on any atom is 0.0206 e. The zero-order valence-electron chi connectivity index (χ0n) is 10.8. The molecule has 1 atom stereocenters. The Kier molecular flexibility index (Phi) is 4.19. The lowest BCUT2D eigenvalue weighted by Gasteiger charge is -2.17. The van der Waals surface area contributed by atoms with E-state index in [4.69, 9.17) is 5.73 Å². The SMILES string of the molecule is CCC1(CNC[C@H](N)Cc2ccccc2)CC1. The van der Waals surface area contributed by atoms with E-state index >= 15 is 0 Å². The molecule has 1 fully saturated rings. The van der Waals surface area contributed by atoms with Crippen molar-refractivity contribution in [3.8, 4) is 0 Å². The number of hydrogen-bond donors (Lipinski definition) is 2. The fourth-order valence-electron chi connectivity index (χ4n) is 2.34. The highest BCUT2D eigenvalue weighted by atomic mass is 14.9. The molecule has 0 aliphatic heterocycles. The standard InChI is InChI=1S/C15H24N2/c1-2-15(8-9-15)12-17-11-14(16)10-13-6-4-3-5-7-13/h3-7,14,17H,2,8-12,16H2,1H3/t14-/m1/s1. The highest BCUT2D eigenvalue weighted by Crippen LogP contribution is 2.47. The molecule has 0 saturated heterocycles. The number of hydrogen-bond acceptors (Lipinski definition) is 2. The Morgan fingerprint density at radius 3 is 2.59 bits per heavy atom. The molecular weight excluding hydrogens is 208 g/mol. The minimum absolute atomic E-state index is 0.227. The molecule has 2 rings (SSSR count). The average molecular weight is 232 g/mol. The van der Waals surface area contributed by atoms with Gasteiger partial charge in [-0.25, -0.2) is 0 Å². The van der Waals surface area contributed by atoms with Gasteiger partial charge in [-0.15, -0.1) is 0 Å². The van der Waals surface area contributed by atoms with Crippen LogP contribution in [-0.2, 0) is 6.42 Å². The van der Waals surface area contributed by atoms with E-state index in [-0.39, 0.29) is 6.04 Å². The number of benzene rings is 1. The molecule has 2 heteroatoms. The zero-order chi connectivity index (χ0) is 12.1. The second kappa shape index (κ2) is 5.65. The molecule has 0 heterocycles. The minimum Gasteiger partial charge on any atom is -0.326 e. The van der Waals surface area contributed by atoms with E-state index in [2.05, 4.69) is 36.5 Å². The van der Waals surface area contributed by atoms with Crippen LogP contribution in [0.3, 0.4) is 0 Å². The summed E-state index contributed by atoms with van der Waals surface area (Å²) >= 11 is 0. The van der Waals surface area contributed by atoms with E-state index in [1.165, 1.54) is 24.8 Å². The molecule has 0 aromatic heterocycles. The molecule has 0 spiro atoms. The van der Waals surface area contributed by atoms with Crippen molar-refractivity contribution < 1.29 is 0 Å².